The van der Waals surface area contributed by atoms with Gasteiger partial charge in [0, 0.05) is 50.7 Å². The van der Waals surface area contributed by atoms with Crippen molar-refractivity contribution in [1.29, 1.82) is 0 Å². The number of nitrogens with zero attached hydrogens (tertiary/aromatic N) is 8. The Morgan fingerprint density at radius 3 is 0.595 bits per heavy atom. The van der Waals surface area contributed by atoms with E-state index in [1.165, 1.54) is 0 Å². The highest BCUT2D eigenvalue weighted by Gasteiger charge is 2.45. The summed E-state index contributed by atoms with van der Waals surface area (Å²) in [6.45, 7) is 56.6. The normalized spacial score (nSPS) is 12.5. The topological polar surface area (TPSA) is 147 Å². The van der Waals surface area contributed by atoms with E-state index in [0.29, 0.717) is 111 Å². The Bertz CT molecular complexity index is 6610. The molecule has 0 saturated heterocycles. The third kappa shape index (κ3) is 18.6. The first-order valence-electron chi connectivity index (χ1n) is 46.7. The zero-order valence-electron chi connectivity index (χ0n) is 81.9. The van der Waals surface area contributed by atoms with E-state index in [2.05, 4.69) is 435 Å². The molecule has 0 amide bonds. The summed E-state index contributed by atoms with van der Waals surface area (Å²) >= 11 is 1.14. The van der Waals surface area contributed by atoms with Gasteiger partial charge >= 0.3 is 0 Å². The third-order valence-corrected chi connectivity index (χ3v) is 53.8. The molecule has 10 aromatic rings. The molecular weight excluding hydrogens is 1680 g/mol. The number of aromatic amines is 4. The van der Waals surface area contributed by atoms with Crippen LogP contribution in [-0.4, -0.2) is 109 Å². The predicted octanol–water partition coefficient (Wildman–Crippen LogP) is 27.6. The van der Waals surface area contributed by atoms with E-state index < -0.39 is 32.3 Å². The molecule has 16 bridgehead atoms. The summed E-state index contributed by atoms with van der Waals surface area (Å²) in [6.07, 6.45) is 16.7. The van der Waals surface area contributed by atoms with Crippen molar-refractivity contribution in [2.75, 3.05) is 38.0 Å². The lowest BCUT2D eigenvalue weighted by Gasteiger charge is -2.38. The maximum absolute atomic E-state index is 5.64. The Kier molecular flexibility index (Phi) is 28.2. The molecule has 0 aliphatic carbocycles. The SMILES string of the molecule is CC(C)[Si](C#Cc1c2nc(c(C#Cc3ccc(C#Cc4c5nc(c(C#C[Si](C(C)C)(C(C)C)C(C)C)c6ccc([nH]6)c(C#Cc6ccc(N(C)C)cc6)c6nc(c(C#C[Si](C(C)C)(C(C)C)C(C)C)c7ccc4[nH]7)C=C6)C=C5)c4nsnc34)c3ccc([nH]3)c(C#C[Si](C(C)C)(C(C)C)C(C)C)c3nc(c(C#Cc4ccc(N(C)C)cc4)c4ccc1[nH]4)C=C3)C=C2)(C(C)C)C(C)C. The molecule has 14 rings (SSSR count). The Hall–Kier alpha value is -12.4. The van der Waals surface area contributed by atoms with Gasteiger partial charge in [0.1, 0.15) is 43.3 Å². The van der Waals surface area contributed by atoms with Gasteiger partial charge in [-0.3, -0.25) is 0 Å². The van der Waals surface area contributed by atoms with Gasteiger partial charge in [0.2, 0.25) is 0 Å². The van der Waals surface area contributed by atoms with Crippen LogP contribution in [0.5, 0.6) is 0 Å². The number of rotatable bonds is 14. The molecule has 131 heavy (non-hydrogen) atoms. The van der Waals surface area contributed by atoms with Gasteiger partial charge in [-0.1, -0.05) is 237 Å². The first kappa shape index (κ1) is 94.7. The molecule has 4 aliphatic rings. The monoisotopic (exact) mass is 1810 g/mol. The van der Waals surface area contributed by atoms with E-state index in [1.807, 2.05) is 40.3 Å². The lowest BCUT2D eigenvalue weighted by atomic mass is 10.1. The number of H-pyrrole nitrogens is 4. The molecule has 664 valence electrons. The van der Waals surface area contributed by atoms with E-state index in [0.717, 1.165) is 146 Å². The standard InChI is InChI=1S/C114H126N12SSi4/c1-71(2)128(72(3)4,73(5)6)67-63-93-105-55-47-97(115-105)89(43-33-83-29-39-87(40-30-83)125(25)26)98-48-56-106(116-98)94(64-68-129(74(7)8,75(9)10)76(11)12)110-60-52-102(120-110)91(101-51-59-109(93)119-101)45-37-85-35-36-86(114-113(85)123-127-124-114)38-46-92-103-53-61-111(121-103)95(65-69-130(77(13)14,78(15)16)79(17)18)107-57-49-99(117-107)90(44-34-84-31-41-88(42-32-84)126(27)28)100-50-58-108(118-100)96(112-62-54-104(92)122-112)66-70-131(80(19)20,81(21)22)82(23)24/h29-32,35-36,39-42,47-62,71-82,115,117,120,122H,1-28H3. The van der Waals surface area contributed by atoms with Crippen molar-refractivity contribution in [3.63, 3.8) is 0 Å². The maximum atomic E-state index is 5.64. The lowest BCUT2D eigenvalue weighted by Crippen LogP contribution is -2.43. The van der Waals surface area contributed by atoms with Crippen LogP contribution in [0.15, 0.2) is 109 Å². The average Bonchev–Trinajstić information content (AvgIpc) is 1.57. The van der Waals surface area contributed by atoms with Crippen molar-refractivity contribution < 1.29 is 0 Å². The van der Waals surface area contributed by atoms with Crippen LogP contribution in [-0.2, 0) is 0 Å². The quantitative estimate of drug-likeness (QED) is 0.0622. The third-order valence-electron chi connectivity index (χ3n) is 28.1. The zero-order chi connectivity index (χ0) is 94.0. The Morgan fingerprint density at radius 1 is 0.229 bits per heavy atom. The van der Waals surface area contributed by atoms with Crippen LogP contribution in [0.4, 0.5) is 11.4 Å². The summed E-state index contributed by atoms with van der Waals surface area (Å²) < 4.78 is 10.1. The second kappa shape index (κ2) is 39.0. The Morgan fingerprint density at radius 2 is 0.412 bits per heavy atom. The predicted molar refractivity (Wildman–Crippen MR) is 572 cm³/mol. The number of hydrogen-bond acceptors (Lipinski definition) is 9. The molecular formula is C114H126N12SSi4. The van der Waals surface area contributed by atoms with Crippen LogP contribution in [0, 0.1) is 93.2 Å². The molecule has 0 unspecified atom stereocenters. The summed E-state index contributed by atoms with van der Waals surface area (Å²) in [6, 6.07) is 37.7. The number of nitrogens with one attached hydrogen (secondary N) is 4. The van der Waals surface area contributed by atoms with E-state index in [4.69, 9.17) is 28.7 Å². The molecule has 17 heteroatoms. The van der Waals surface area contributed by atoms with Crippen molar-refractivity contribution in [3.8, 4) is 93.2 Å². The number of benzene rings is 3. The largest absolute Gasteiger partial charge is 0.378 e. The Labute approximate surface area is 787 Å². The molecule has 3 aromatic carbocycles. The van der Waals surface area contributed by atoms with E-state index >= 15 is 0 Å². The van der Waals surface area contributed by atoms with Gasteiger partial charge in [0.25, 0.3) is 0 Å². The van der Waals surface area contributed by atoms with Gasteiger partial charge < -0.3 is 29.7 Å². The molecule has 7 aromatic heterocycles. The molecule has 0 fully saturated rings. The second-order valence-corrected chi connectivity index (χ2v) is 62.4. The summed E-state index contributed by atoms with van der Waals surface area (Å²) in [5.74, 6) is 44.8. The average molecular weight is 1810 g/mol. The summed E-state index contributed by atoms with van der Waals surface area (Å²) in [4.78, 5) is 42.2. The van der Waals surface area contributed by atoms with Gasteiger partial charge in [0.15, 0.2) is 0 Å². The molecule has 4 N–H and O–H groups in total. The van der Waals surface area contributed by atoms with Crippen LogP contribution in [0.2, 0.25) is 66.5 Å². The first-order valence-corrected chi connectivity index (χ1v) is 56.4. The fraction of sp³-hybridized carbons (Fsp3) is 0.351. The summed E-state index contributed by atoms with van der Waals surface area (Å²) in [5, 5.41) is 0. The molecule has 0 atom stereocenters. The number of anilines is 2. The molecule has 0 spiro atoms. The van der Waals surface area contributed by atoms with Gasteiger partial charge in [-0.25, -0.2) is 19.9 Å². The van der Waals surface area contributed by atoms with E-state index in [9.17, 15) is 0 Å². The minimum atomic E-state index is -2.31. The highest BCUT2D eigenvalue weighted by molar-refractivity contribution is 7.00. The lowest BCUT2D eigenvalue weighted by molar-refractivity contribution is 0.838. The van der Waals surface area contributed by atoms with Gasteiger partial charge in [-0.2, -0.15) is 8.75 Å². The second-order valence-electron chi connectivity index (χ2n) is 39.6. The molecule has 0 radical (unpaired) electrons. The Balaban J connectivity index is 1.01. The van der Waals surface area contributed by atoms with Crippen LogP contribution in [0.1, 0.15) is 278 Å². The maximum Gasteiger partial charge on any atom is 0.146 e. The van der Waals surface area contributed by atoms with Crippen LogP contribution < -0.4 is 9.80 Å². The van der Waals surface area contributed by atoms with Crippen molar-refractivity contribution >= 4 is 159 Å². The van der Waals surface area contributed by atoms with Crippen molar-refractivity contribution in [2.24, 2.45) is 0 Å². The highest BCUT2D eigenvalue weighted by atomic mass is 32.1. The minimum absolute atomic E-state index is 0.389. The summed E-state index contributed by atoms with van der Waals surface area (Å²) in [7, 11) is -1.04. The highest BCUT2D eigenvalue weighted by Crippen LogP contribution is 2.46. The molecule has 11 heterocycles. The molecule has 0 saturated carbocycles. The molecule has 12 nitrogen and oxygen atoms in total. The minimum Gasteiger partial charge on any atom is -0.378 e. The molecule has 4 aliphatic heterocycles. The van der Waals surface area contributed by atoms with Gasteiger partial charge in [0.05, 0.1) is 157 Å². The van der Waals surface area contributed by atoms with Crippen LogP contribution in [0.25, 0.3) is 104 Å². The number of fused-ring (bicyclic) bond motifs is 17. The fourth-order valence-corrected chi connectivity index (χ4v) is 42.6. The smallest absolute Gasteiger partial charge is 0.146 e. The van der Waals surface area contributed by atoms with Crippen molar-refractivity contribution in [1.82, 2.24) is 48.6 Å². The number of aromatic nitrogens is 10. The van der Waals surface area contributed by atoms with E-state index in [-0.39, 0.29) is 0 Å². The van der Waals surface area contributed by atoms with E-state index in [1.54, 1.807) is 0 Å². The van der Waals surface area contributed by atoms with Crippen molar-refractivity contribution in [3.05, 3.63) is 222 Å². The number of hydrogen-bond donors (Lipinski definition) is 4. The van der Waals surface area contributed by atoms with Gasteiger partial charge in [-0.05, 0) is 224 Å². The van der Waals surface area contributed by atoms with Gasteiger partial charge in [-0.15, -0.1) is 22.2 Å². The zero-order valence-corrected chi connectivity index (χ0v) is 86.7. The van der Waals surface area contributed by atoms with Crippen molar-refractivity contribution in [2.45, 2.75) is 233 Å². The first-order chi connectivity index (χ1) is 62.4. The fourth-order valence-electron chi connectivity index (χ4n) is 21.2. The van der Waals surface area contributed by atoms with Crippen LogP contribution in [0.3, 0.4) is 0 Å². The van der Waals surface area contributed by atoms with Crippen LogP contribution >= 0.6 is 11.7 Å². The summed E-state index contributed by atoms with van der Waals surface area (Å²) in [5.41, 5.74) is 45.8.